The van der Waals surface area contributed by atoms with Gasteiger partial charge in [0, 0.05) is 46.9 Å². The summed E-state index contributed by atoms with van der Waals surface area (Å²) in [5.41, 5.74) is -11.0. The molecule has 0 saturated heterocycles. The zero-order valence-corrected chi connectivity index (χ0v) is 31.4. The third-order valence-electron chi connectivity index (χ3n) is 10.8. The van der Waals surface area contributed by atoms with Crippen LogP contribution >= 0.6 is 0 Å². The van der Waals surface area contributed by atoms with Crippen LogP contribution in [0.25, 0.3) is 66.1 Å². The van der Waals surface area contributed by atoms with Crippen LogP contribution in [-0.4, -0.2) is 0 Å². The Morgan fingerprint density at radius 3 is 1.91 bits per heavy atom. The minimum Gasteiger partial charge on any atom is -0.455 e. The molecule has 57 heavy (non-hydrogen) atoms. The van der Waals surface area contributed by atoms with Gasteiger partial charge in [-0.1, -0.05) is 110 Å². The van der Waals surface area contributed by atoms with Crippen LogP contribution in [0.4, 0.5) is 17.1 Å². The van der Waals surface area contributed by atoms with Crippen molar-refractivity contribution in [3.8, 4) is 33.4 Å². The second-order valence-electron chi connectivity index (χ2n) is 14.0. The van der Waals surface area contributed by atoms with Gasteiger partial charge in [0.2, 0.25) is 0 Å². The van der Waals surface area contributed by atoms with E-state index < -0.39 is 201 Å². The molecule has 1 aliphatic rings. The van der Waals surface area contributed by atoms with E-state index in [4.69, 9.17) is 27.7 Å². The summed E-state index contributed by atoms with van der Waals surface area (Å²) in [6.07, 6.45) is 0. The fourth-order valence-corrected chi connectivity index (χ4v) is 7.54. The summed E-state index contributed by atoms with van der Waals surface area (Å²) in [7, 11) is 0. The molecule has 278 valence electrons. The summed E-state index contributed by atoms with van der Waals surface area (Å²) in [5.74, 6) is 0. The van der Waals surface area contributed by atoms with Crippen LogP contribution in [0.1, 0.15) is 98.0 Å². The van der Waals surface area contributed by atoms with Crippen molar-refractivity contribution in [3.05, 3.63) is 183 Å². The molecule has 0 amide bonds. The van der Waals surface area contributed by atoms with Gasteiger partial charge in [0.15, 0.2) is 0 Å². The number of furan rings is 1. The molecule has 0 saturated carbocycles. The maximum Gasteiger partial charge on any atom is 0.143 e. The van der Waals surface area contributed by atoms with E-state index in [-0.39, 0.29) is 56.7 Å². The van der Waals surface area contributed by atoms with Gasteiger partial charge >= 0.3 is 0 Å². The molecule has 0 atom stereocenters. The van der Waals surface area contributed by atoms with E-state index in [2.05, 4.69) is 0 Å². The van der Waals surface area contributed by atoms with Crippen LogP contribution in [0.15, 0.2) is 143 Å². The zero-order chi connectivity index (χ0) is 64.3. The first kappa shape index (κ1) is 15.9. The van der Waals surface area contributed by atoms with E-state index in [0.29, 0.717) is 21.4 Å². The first-order valence-electron chi connectivity index (χ1n) is 32.3. The largest absolute Gasteiger partial charge is 0.455 e. The van der Waals surface area contributed by atoms with Crippen molar-refractivity contribution >= 4 is 49.8 Å². The Bertz CT molecular complexity index is 4560. The Kier molecular flexibility index (Phi) is 3.57. The van der Waals surface area contributed by atoms with Gasteiger partial charge in [-0.25, -0.2) is 0 Å². The lowest BCUT2D eigenvalue weighted by Gasteiger charge is -2.28. The average Bonchev–Trinajstić information content (AvgIpc) is 1.47. The van der Waals surface area contributed by atoms with E-state index in [1.165, 1.54) is 13.8 Å². The molecule has 1 aromatic heterocycles. The van der Waals surface area contributed by atoms with Gasteiger partial charge in [0.05, 0.1) is 31.5 Å². The molecule has 0 spiro atoms. The molecular weight excluding hydrogens is 691 g/mol. The molecule has 0 N–H and O–H groups in total. The minimum absolute atomic E-state index is 0.0129. The second kappa shape index (κ2) is 12.8. The van der Waals surface area contributed by atoms with Crippen molar-refractivity contribution in [2.45, 2.75) is 60.7 Å². The molecule has 8 aromatic carbocycles. The van der Waals surface area contributed by atoms with Crippen LogP contribution in [0.5, 0.6) is 0 Å². The Morgan fingerprint density at radius 2 is 1.14 bits per heavy atom. The highest BCUT2D eigenvalue weighted by atomic mass is 16.3. The summed E-state index contributed by atoms with van der Waals surface area (Å²) in [5, 5.41) is -0.180. The summed E-state index contributed by atoms with van der Waals surface area (Å²) in [6.45, 7) is 2.13. The summed E-state index contributed by atoms with van der Waals surface area (Å²) in [4.78, 5) is 0.363. The van der Waals surface area contributed by atoms with Crippen LogP contribution < -0.4 is 4.90 Å². The molecule has 1 aliphatic carbocycles. The normalized spacial score (nSPS) is 20.7. The standard InChI is InChI=1S/C55H47NO/c1-32-18-19-33(2)45(28-32)47-31-48-46-29-41(25-27-51(46)57-54(48)53-37(6)35(4)34(3)36(5)52(47)53)56(40-22-20-39(21-23-40)38-14-10-9-11-15-38)42-24-26-44-43-16-12-13-17-49(43)55(7,8)50(44)30-42/h9-31H,1-8H3/i7D3,8D3,9D,10D,11D,12D,13D,14D,15D,16D,17D,18D,19D,20D,21D,22D,23D,24D,25D,26D,27D,28D,29D,30D,31D. The number of rotatable bonds is 5. The zero-order valence-electron chi connectivity index (χ0n) is 60.4. The van der Waals surface area contributed by atoms with E-state index in [0.717, 1.165) is 11.1 Å². The Balaban J connectivity index is 1.49. The molecule has 2 nitrogen and oxygen atoms in total. The molecule has 10 rings (SSSR count). The Labute approximate surface area is 376 Å². The third kappa shape index (κ3) is 5.31. The van der Waals surface area contributed by atoms with Gasteiger partial charge in [-0.15, -0.1) is 0 Å². The topological polar surface area (TPSA) is 16.4 Å². The first-order chi connectivity index (χ1) is 39.6. The van der Waals surface area contributed by atoms with Crippen LogP contribution in [0.2, 0.25) is 0 Å². The Morgan fingerprint density at radius 1 is 0.491 bits per heavy atom. The van der Waals surface area contributed by atoms with Gasteiger partial charge in [-0.2, -0.15) is 0 Å². The van der Waals surface area contributed by atoms with Crippen molar-refractivity contribution in [1.29, 1.82) is 0 Å². The van der Waals surface area contributed by atoms with Crippen molar-refractivity contribution < 1.29 is 44.2 Å². The Hall–Kier alpha value is -6.38. The quantitative estimate of drug-likeness (QED) is 0.173. The van der Waals surface area contributed by atoms with E-state index in [1.807, 2.05) is 6.92 Å². The SMILES string of the molecule is [2H]c1c([2H])c([2H])c(-c2c([2H])c([2H])c(N(c3c([2H])c([2H])c4c(c3[2H])C(C([2H])([2H])[2H])(C([2H])([2H])[2H])c3c([2H])c([2H])c([2H])c([2H])c3-4)c3c([2H])c([2H])c4oc5c6c(C)c(C)c(C)c(C)c6c(-c6c([2H])c(C)c([2H])c([2H])c6C)c([2H])c5c4c3[2H])c([2H])c2[2H])c([2H])c1[2H]. The van der Waals surface area contributed by atoms with Gasteiger partial charge < -0.3 is 9.32 Å². The highest BCUT2D eigenvalue weighted by Gasteiger charge is 2.36. The molecule has 0 unspecified atom stereocenters. The molecule has 0 bridgehead atoms. The maximum absolute atomic E-state index is 10.4. The second-order valence-corrected chi connectivity index (χ2v) is 14.0. The van der Waals surface area contributed by atoms with Crippen LogP contribution in [0.3, 0.4) is 0 Å². The van der Waals surface area contributed by atoms with Crippen molar-refractivity contribution in [1.82, 2.24) is 0 Å². The van der Waals surface area contributed by atoms with Gasteiger partial charge in [0.1, 0.15) is 11.2 Å². The van der Waals surface area contributed by atoms with E-state index in [1.54, 1.807) is 20.8 Å². The van der Waals surface area contributed by atoms with Crippen LogP contribution in [-0.2, 0) is 5.41 Å². The molecule has 2 heteroatoms. The van der Waals surface area contributed by atoms with Crippen molar-refractivity contribution in [3.63, 3.8) is 0 Å². The van der Waals surface area contributed by atoms with E-state index >= 15 is 0 Å². The number of aryl methyl sites for hydroxylation is 2. The summed E-state index contributed by atoms with van der Waals surface area (Å²) in [6, 6.07) is -22.5. The molecule has 9 aromatic rings. The molecule has 1 heterocycles. The highest BCUT2D eigenvalue weighted by molar-refractivity contribution is 6.21. The number of hydrogen-bond acceptors (Lipinski definition) is 2. The lowest BCUT2D eigenvalue weighted by molar-refractivity contribution is 0.660. The van der Waals surface area contributed by atoms with Gasteiger partial charge in [-0.05, 0) is 168 Å². The smallest absolute Gasteiger partial charge is 0.143 e. The lowest BCUT2D eigenvalue weighted by Crippen LogP contribution is -2.16. The molecule has 0 radical (unpaired) electrons. The monoisotopic (exact) mass is 767 g/mol. The molecule has 0 fully saturated rings. The van der Waals surface area contributed by atoms with Gasteiger partial charge in [0.25, 0.3) is 0 Å². The van der Waals surface area contributed by atoms with Gasteiger partial charge in [-0.3, -0.25) is 0 Å². The molecular formula is C55H47NO. The predicted octanol–water partition coefficient (Wildman–Crippen LogP) is 15.7. The summed E-state index contributed by atoms with van der Waals surface area (Å²) >= 11 is 0. The van der Waals surface area contributed by atoms with E-state index in [9.17, 15) is 16.4 Å². The minimum atomic E-state index is -3.97. The van der Waals surface area contributed by atoms with Crippen molar-refractivity contribution in [2.75, 3.05) is 4.90 Å². The number of hydrogen-bond donors (Lipinski definition) is 0. The van der Waals surface area contributed by atoms with Crippen LogP contribution in [0, 0.1) is 41.5 Å². The first-order valence-corrected chi connectivity index (χ1v) is 17.8. The number of fused-ring (bicyclic) bond motifs is 8. The fraction of sp³-hybridized carbons (Fsp3) is 0.164. The maximum atomic E-state index is 10.4. The predicted molar refractivity (Wildman–Crippen MR) is 243 cm³/mol. The average molecular weight is 767 g/mol. The number of benzene rings is 8. The highest BCUT2D eigenvalue weighted by Crippen LogP contribution is 2.51. The number of nitrogens with zero attached hydrogens (tertiary/aromatic N) is 1. The van der Waals surface area contributed by atoms with Crippen molar-refractivity contribution in [2.24, 2.45) is 0 Å². The third-order valence-corrected chi connectivity index (χ3v) is 10.8. The molecule has 0 aliphatic heterocycles. The number of anilines is 3. The lowest BCUT2D eigenvalue weighted by atomic mass is 9.82. The fourth-order valence-electron chi connectivity index (χ4n) is 7.54. The summed E-state index contributed by atoms with van der Waals surface area (Å²) < 4.78 is 274.